The minimum Gasteiger partial charge on any atom is -0.324 e. The van der Waals surface area contributed by atoms with Gasteiger partial charge in [-0.2, -0.15) is 5.10 Å². The van der Waals surface area contributed by atoms with E-state index in [1.165, 1.54) is 6.20 Å². The van der Waals surface area contributed by atoms with Crippen LogP contribution in [-0.2, 0) is 7.05 Å². The van der Waals surface area contributed by atoms with Gasteiger partial charge < -0.3 is 10.7 Å². The maximum atomic E-state index is 12.0. The summed E-state index contributed by atoms with van der Waals surface area (Å²) in [7, 11) is 1.76. The molecule has 0 fully saturated rings. The smallest absolute Gasteiger partial charge is 0.275 e. The molecule has 4 N–H and O–H groups in total. The Bertz CT molecular complexity index is 577. The first-order valence-electron chi connectivity index (χ1n) is 5.35. The summed E-state index contributed by atoms with van der Waals surface area (Å²) in [5, 5.41) is 6.87. The number of nitrogens with zero attached hydrogens (tertiary/aromatic N) is 3. The number of nitrogen functional groups attached to an aromatic ring is 1. The molecular formula is C11H14N6O. The lowest BCUT2D eigenvalue weighted by Gasteiger charge is -2.05. The Morgan fingerprint density at radius 1 is 1.44 bits per heavy atom. The summed E-state index contributed by atoms with van der Waals surface area (Å²) in [6.45, 7) is 1.85. The first-order chi connectivity index (χ1) is 8.60. The number of pyridine rings is 1. The number of hydrogen-bond acceptors (Lipinski definition) is 5. The largest absolute Gasteiger partial charge is 0.324 e. The summed E-state index contributed by atoms with van der Waals surface area (Å²) < 4.78 is 1.60. The molecule has 1 amide bonds. The summed E-state index contributed by atoms with van der Waals surface area (Å²) >= 11 is 0. The van der Waals surface area contributed by atoms with Crippen molar-refractivity contribution in [1.29, 1.82) is 0 Å². The summed E-state index contributed by atoms with van der Waals surface area (Å²) in [5.41, 5.74) is 4.20. The van der Waals surface area contributed by atoms with Gasteiger partial charge in [-0.15, -0.1) is 0 Å². The molecule has 0 saturated heterocycles. The third-order valence-electron chi connectivity index (χ3n) is 2.40. The Labute approximate surface area is 104 Å². The van der Waals surface area contributed by atoms with Gasteiger partial charge in [0, 0.05) is 19.3 Å². The topological polar surface area (TPSA) is 97.9 Å². The number of amides is 1. The van der Waals surface area contributed by atoms with Gasteiger partial charge in [0.1, 0.15) is 11.5 Å². The van der Waals surface area contributed by atoms with Crippen LogP contribution >= 0.6 is 0 Å². The molecule has 0 bridgehead atoms. The molecule has 7 nitrogen and oxygen atoms in total. The molecular weight excluding hydrogens is 232 g/mol. The van der Waals surface area contributed by atoms with Crippen molar-refractivity contribution in [1.82, 2.24) is 14.8 Å². The van der Waals surface area contributed by atoms with Crippen LogP contribution in [0.25, 0.3) is 0 Å². The van der Waals surface area contributed by atoms with Gasteiger partial charge >= 0.3 is 0 Å². The van der Waals surface area contributed by atoms with Crippen molar-refractivity contribution in [2.24, 2.45) is 12.9 Å². The van der Waals surface area contributed by atoms with E-state index < -0.39 is 0 Å². The van der Waals surface area contributed by atoms with Gasteiger partial charge in [0.2, 0.25) is 0 Å². The van der Waals surface area contributed by atoms with Gasteiger partial charge in [0.05, 0.1) is 11.4 Å². The monoisotopic (exact) mass is 246 g/mol. The number of aromatic nitrogens is 3. The number of nitrogens with two attached hydrogens (primary N) is 1. The Balaban J connectivity index is 2.19. The van der Waals surface area contributed by atoms with Gasteiger partial charge in [0.25, 0.3) is 5.91 Å². The average molecular weight is 246 g/mol. The van der Waals surface area contributed by atoms with Crippen molar-refractivity contribution >= 4 is 17.4 Å². The lowest BCUT2D eigenvalue weighted by molar-refractivity contribution is 0.102. The molecule has 0 aromatic carbocycles. The molecule has 0 atom stereocenters. The minimum atomic E-state index is -0.310. The summed E-state index contributed by atoms with van der Waals surface area (Å²) in [5.74, 6) is 5.58. The summed E-state index contributed by atoms with van der Waals surface area (Å²) in [4.78, 5) is 15.9. The van der Waals surface area contributed by atoms with E-state index in [9.17, 15) is 4.79 Å². The fourth-order valence-electron chi connectivity index (χ4n) is 1.55. The zero-order valence-electron chi connectivity index (χ0n) is 10.1. The number of anilines is 2. The van der Waals surface area contributed by atoms with Gasteiger partial charge in [0.15, 0.2) is 0 Å². The van der Waals surface area contributed by atoms with Crippen LogP contribution < -0.4 is 16.6 Å². The lowest BCUT2D eigenvalue weighted by atomic mass is 10.3. The highest BCUT2D eigenvalue weighted by Crippen LogP contribution is 2.11. The number of hydrogen-bond donors (Lipinski definition) is 3. The molecule has 0 saturated carbocycles. The molecule has 0 aliphatic carbocycles. The first-order valence-corrected chi connectivity index (χ1v) is 5.35. The van der Waals surface area contributed by atoms with E-state index in [2.05, 4.69) is 20.8 Å². The highest BCUT2D eigenvalue weighted by molar-refractivity contribution is 6.02. The number of carbonyl (C=O) groups is 1. The van der Waals surface area contributed by atoms with Gasteiger partial charge in [-0.3, -0.25) is 20.3 Å². The maximum Gasteiger partial charge on any atom is 0.275 e. The highest BCUT2D eigenvalue weighted by atomic mass is 16.2. The zero-order valence-corrected chi connectivity index (χ0v) is 10.1. The van der Waals surface area contributed by atoms with Gasteiger partial charge in [-0.1, -0.05) is 0 Å². The number of nitrogens with one attached hydrogen (secondary N) is 2. The van der Waals surface area contributed by atoms with E-state index in [-0.39, 0.29) is 11.6 Å². The summed E-state index contributed by atoms with van der Waals surface area (Å²) in [6.07, 6.45) is 1.51. The van der Waals surface area contributed by atoms with Crippen molar-refractivity contribution in [3.8, 4) is 0 Å². The number of hydrazine groups is 1. The molecule has 2 aromatic heterocycles. The first kappa shape index (κ1) is 12.1. The van der Waals surface area contributed by atoms with Crippen LogP contribution in [0.2, 0.25) is 0 Å². The summed E-state index contributed by atoms with van der Waals surface area (Å²) in [6, 6.07) is 5.02. The van der Waals surface area contributed by atoms with Crippen molar-refractivity contribution in [3.05, 3.63) is 35.8 Å². The highest BCUT2D eigenvalue weighted by Gasteiger charge is 2.11. The van der Waals surface area contributed by atoms with Crippen LogP contribution in [0.1, 0.15) is 16.2 Å². The van der Waals surface area contributed by atoms with Crippen molar-refractivity contribution in [3.63, 3.8) is 0 Å². The molecule has 2 heterocycles. The molecule has 0 aliphatic rings. The maximum absolute atomic E-state index is 12.0. The average Bonchev–Trinajstić information content (AvgIpc) is 2.68. The molecule has 2 aromatic rings. The van der Waals surface area contributed by atoms with Crippen LogP contribution in [0.3, 0.4) is 0 Å². The predicted molar refractivity (Wildman–Crippen MR) is 67.9 cm³/mol. The van der Waals surface area contributed by atoms with Crippen LogP contribution in [0, 0.1) is 6.92 Å². The normalized spacial score (nSPS) is 10.2. The van der Waals surface area contributed by atoms with Crippen molar-refractivity contribution in [2.45, 2.75) is 6.92 Å². The molecule has 7 heteroatoms. The second kappa shape index (κ2) is 4.84. The van der Waals surface area contributed by atoms with Crippen LogP contribution in [0.5, 0.6) is 0 Å². The quantitative estimate of drug-likeness (QED) is 0.546. The Hall–Kier alpha value is -2.41. The van der Waals surface area contributed by atoms with E-state index >= 15 is 0 Å². The molecule has 18 heavy (non-hydrogen) atoms. The molecule has 0 unspecified atom stereocenters. The standard InChI is InChI=1S/C11H14N6O/c1-7-5-10(17(2)16-7)14-11(18)9-6-8(15-12)3-4-13-9/h3-6H,12H2,1-2H3,(H,13,15)(H,14,18). The van der Waals surface area contributed by atoms with Crippen molar-refractivity contribution < 1.29 is 4.79 Å². The molecule has 0 aliphatic heterocycles. The third kappa shape index (κ3) is 2.46. The van der Waals surface area contributed by atoms with E-state index in [1.54, 1.807) is 29.9 Å². The van der Waals surface area contributed by atoms with E-state index in [1.807, 2.05) is 6.92 Å². The Morgan fingerprint density at radius 3 is 2.83 bits per heavy atom. The molecule has 94 valence electrons. The molecule has 2 rings (SSSR count). The van der Waals surface area contributed by atoms with Gasteiger partial charge in [-0.25, -0.2) is 0 Å². The second-order valence-electron chi connectivity index (χ2n) is 3.82. The molecule has 0 spiro atoms. The lowest BCUT2D eigenvalue weighted by Crippen LogP contribution is -2.16. The fourth-order valence-corrected chi connectivity index (χ4v) is 1.55. The van der Waals surface area contributed by atoms with E-state index in [0.29, 0.717) is 11.5 Å². The van der Waals surface area contributed by atoms with E-state index in [4.69, 9.17) is 5.84 Å². The van der Waals surface area contributed by atoms with E-state index in [0.717, 1.165) is 5.69 Å². The number of rotatable bonds is 3. The van der Waals surface area contributed by atoms with Crippen LogP contribution in [0.4, 0.5) is 11.5 Å². The number of carbonyl (C=O) groups excluding carboxylic acids is 1. The Kier molecular flexibility index (Phi) is 3.24. The van der Waals surface area contributed by atoms with Gasteiger partial charge in [-0.05, 0) is 19.1 Å². The van der Waals surface area contributed by atoms with Crippen molar-refractivity contribution in [2.75, 3.05) is 10.7 Å². The SMILES string of the molecule is Cc1cc(NC(=O)c2cc(NN)ccn2)n(C)n1. The van der Waals surface area contributed by atoms with Crippen LogP contribution in [-0.4, -0.2) is 20.7 Å². The predicted octanol–water partition coefficient (Wildman–Crippen LogP) is 0.661. The van der Waals surface area contributed by atoms with Crippen LogP contribution in [0.15, 0.2) is 24.4 Å². The number of aryl methyl sites for hydroxylation is 2. The molecule has 0 radical (unpaired) electrons. The second-order valence-corrected chi connectivity index (χ2v) is 3.82. The Morgan fingerprint density at radius 2 is 2.22 bits per heavy atom. The minimum absolute atomic E-state index is 0.282. The zero-order chi connectivity index (χ0) is 13.1. The fraction of sp³-hybridized carbons (Fsp3) is 0.182. The third-order valence-corrected chi connectivity index (χ3v) is 2.40.